The fourth-order valence-corrected chi connectivity index (χ4v) is 6.02. The van der Waals surface area contributed by atoms with E-state index in [2.05, 4.69) is 119 Å². The van der Waals surface area contributed by atoms with Gasteiger partial charge in [0.2, 0.25) is 0 Å². The number of alkyl halides is 1. The van der Waals surface area contributed by atoms with Crippen LogP contribution in [0.15, 0.2) is 89.0 Å². The van der Waals surface area contributed by atoms with Crippen molar-refractivity contribution in [3.05, 3.63) is 111 Å². The number of hydrogen-bond donors (Lipinski definition) is 0. The molecule has 0 heterocycles. The molecular formula is C35H39Cl2N. The normalized spacial score (nSPS) is 17.9. The van der Waals surface area contributed by atoms with Crippen LogP contribution in [-0.4, -0.2) is 5.38 Å². The highest BCUT2D eigenvalue weighted by atomic mass is 35.5. The Morgan fingerprint density at radius 1 is 0.684 bits per heavy atom. The second-order valence-electron chi connectivity index (χ2n) is 12.9. The van der Waals surface area contributed by atoms with Crippen molar-refractivity contribution in [3.8, 4) is 0 Å². The summed E-state index contributed by atoms with van der Waals surface area (Å²) in [4.78, 5) is 2.39. The number of halogens is 2. The number of benzene rings is 3. The number of allylic oxidation sites excluding steroid dienone is 4. The SMILES string of the molecule is CC(C)(C)c1ccc(N(c2ccc(C(C)(C)C)cc2)c2ccc3c(c2)CC2=C(CC3)CC(Cl)C(Cl)=C2)cc1. The van der Waals surface area contributed by atoms with Crippen LogP contribution in [0.25, 0.3) is 0 Å². The minimum Gasteiger partial charge on any atom is -0.310 e. The van der Waals surface area contributed by atoms with Crippen LogP contribution in [-0.2, 0) is 23.7 Å². The molecule has 0 amide bonds. The summed E-state index contributed by atoms with van der Waals surface area (Å²) in [7, 11) is 0. The van der Waals surface area contributed by atoms with Crippen molar-refractivity contribution in [2.75, 3.05) is 4.90 Å². The third kappa shape index (κ3) is 5.61. The van der Waals surface area contributed by atoms with Gasteiger partial charge in [0, 0.05) is 22.1 Å². The van der Waals surface area contributed by atoms with Crippen LogP contribution in [0, 0.1) is 0 Å². The second kappa shape index (κ2) is 10.2. The molecule has 0 spiro atoms. The Kier molecular flexibility index (Phi) is 7.31. The Bertz CT molecular complexity index is 1320. The van der Waals surface area contributed by atoms with E-state index in [9.17, 15) is 0 Å². The number of nitrogens with zero attached hydrogens (tertiary/aromatic N) is 1. The van der Waals surface area contributed by atoms with Gasteiger partial charge in [0.05, 0.1) is 5.38 Å². The Morgan fingerprint density at radius 3 is 1.74 bits per heavy atom. The summed E-state index contributed by atoms with van der Waals surface area (Å²) >= 11 is 13.0. The van der Waals surface area contributed by atoms with Gasteiger partial charge in [-0.05, 0) is 107 Å². The Morgan fingerprint density at radius 2 is 1.21 bits per heavy atom. The maximum absolute atomic E-state index is 6.49. The van der Waals surface area contributed by atoms with Gasteiger partial charge in [-0.3, -0.25) is 0 Å². The first-order valence-electron chi connectivity index (χ1n) is 13.8. The minimum absolute atomic E-state index is 0.0881. The molecule has 198 valence electrons. The van der Waals surface area contributed by atoms with Crippen molar-refractivity contribution in [2.24, 2.45) is 0 Å². The van der Waals surface area contributed by atoms with E-state index in [1.807, 2.05) is 0 Å². The fraction of sp³-hybridized carbons (Fsp3) is 0.371. The lowest BCUT2D eigenvalue weighted by atomic mass is 9.86. The highest BCUT2D eigenvalue weighted by Crippen LogP contribution is 2.41. The molecule has 0 fully saturated rings. The van der Waals surface area contributed by atoms with Crippen LogP contribution in [0.5, 0.6) is 0 Å². The zero-order valence-corrected chi connectivity index (χ0v) is 25.0. The predicted molar refractivity (Wildman–Crippen MR) is 166 cm³/mol. The molecule has 0 bridgehead atoms. The molecule has 0 radical (unpaired) electrons. The molecule has 1 unspecified atom stereocenters. The summed E-state index contributed by atoms with van der Waals surface area (Å²) in [6, 6.07) is 25.1. The molecule has 0 aliphatic heterocycles. The second-order valence-corrected chi connectivity index (χ2v) is 13.9. The highest BCUT2D eigenvalue weighted by Gasteiger charge is 2.25. The van der Waals surface area contributed by atoms with Gasteiger partial charge >= 0.3 is 0 Å². The summed E-state index contributed by atoms with van der Waals surface area (Å²) < 4.78 is 0. The van der Waals surface area contributed by atoms with E-state index in [0.29, 0.717) is 0 Å². The Hall–Kier alpha value is -2.48. The van der Waals surface area contributed by atoms with E-state index in [4.69, 9.17) is 23.2 Å². The molecule has 38 heavy (non-hydrogen) atoms. The topological polar surface area (TPSA) is 3.24 Å². The predicted octanol–water partition coefficient (Wildman–Crippen LogP) is 10.7. The number of aryl methyl sites for hydroxylation is 1. The van der Waals surface area contributed by atoms with Crippen molar-refractivity contribution in [1.82, 2.24) is 0 Å². The molecule has 0 aromatic heterocycles. The third-order valence-corrected chi connectivity index (χ3v) is 8.87. The Labute approximate surface area is 239 Å². The van der Waals surface area contributed by atoms with E-state index in [0.717, 1.165) is 30.7 Å². The third-order valence-electron chi connectivity index (χ3n) is 8.00. The molecular weight excluding hydrogens is 505 g/mol. The molecule has 5 rings (SSSR count). The number of rotatable bonds is 3. The molecule has 1 atom stereocenters. The molecule has 0 N–H and O–H groups in total. The summed E-state index contributed by atoms with van der Waals surface area (Å²) in [5.74, 6) is 0. The quantitative estimate of drug-likeness (QED) is 0.297. The van der Waals surface area contributed by atoms with Crippen molar-refractivity contribution in [1.29, 1.82) is 0 Å². The molecule has 0 saturated carbocycles. The fourth-order valence-electron chi connectivity index (χ4n) is 5.56. The molecule has 1 nitrogen and oxygen atoms in total. The van der Waals surface area contributed by atoms with Crippen LogP contribution >= 0.6 is 23.2 Å². The van der Waals surface area contributed by atoms with Gasteiger partial charge in [-0.25, -0.2) is 0 Å². The molecule has 3 aromatic rings. The van der Waals surface area contributed by atoms with Gasteiger partial charge in [0.15, 0.2) is 0 Å². The number of hydrogen-bond acceptors (Lipinski definition) is 1. The van der Waals surface area contributed by atoms with Crippen LogP contribution in [0.1, 0.15) is 76.6 Å². The van der Waals surface area contributed by atoms with Gasteiger partial charge in [-0.2, -0.15) is 0 Å². The van der Waals surface area contributed by atoms with Gasteiger partial charge in [-0.15, -0.1) is 11.6 Å². The smallest absolute Gasteiger partial charge is 0.0729 e. The van der Waals surface area contributed by atoms with E-state index < -0.39 is 0 Å². The van der Waals surface area contributed by atoms with E-state index in [1.165, 1.54) is 50.5 Å². The average molecular weight is 545 g/mol. The van der Waals surface area contributed by atoms with Crippen molar-refractivity contribution in [2.45, 2.75) is 83.4 Å². The lowest BCUT2D eigenvalue weighted by Gasteiger charge is -2.28. The van der Waals surface area contributed by atoms with Crippen LogP contribution in [0.2, 0.25) is 0 Å². The number of fused-ring (bicyclic) bond motifs is 1. The van der Waals surface area contributed by atoms with Crippen LogP contribution in [0.3, 0.4) is 0 Å². The van der Waals surface area contributed by atoms with Gasteiger partial charge in [0.1, 0.15) is 0 Å². The summed E-state index contributed by atoms with van der Waals surface area (Å²) in [5.41, 5.74) is 12.0. The van der Waals surface area contributed by atoms with Crippen LogP contribution in [0.4, 0.5) is 17.1 Å². The Balaban J connectivity index is 1.57. The van der Waals surface area contributed by atoms with E-state index in [1.54, 1.807) is 0 Å². The molecule has 3 heteroatoms. The molecule has 0 saturated heterocycles. The van der Waals surface area contributed by atoms with E-state index >= 15 is 0 Å². The van der Waals surface area contributed by atoms with Gasteiger partial charge in [0.25, 0.3) is 0 Å². The zero-order chi connectivity index (χ0) is 27.2. The van der Waals surface area contributed by atoms with Crippen molar-refractivity contribution in [3.63, 3.8) is 0 Å². The summed E-state index contributed by atoms with van der Waals surface area (Å²) in [6.45, 7) is 13.6. The highest BCUT2D eigenvalue weighted by molar-refractivity contribution is 6.37. The minimum atomic E-state index is -0.0881. The standard InChI is InChI=1S/C35H39Cl2N/c1-34(2,3)27-10-15-29(16-11-27)38(30-17-12-28(13-18-30)35(4,5)6)31-14-9-23-7-8-24-21-32(36)33(37)22-26(24)19-25(23)20-31/h9-18,20,22,32H,7-8,19,21H2,1-6H3. The van der Waals surface area contributed by atoms with E-state index in [-0.39, 0.29) is 16.2 Å². The first-order chi connectivity index (χ1) is 17.9. The van der Waals surface area contributed by atoms with Crippen LogP contribution < -0.4 is 4.90 Å². The van der Waals surface area contributed by atoms with Gasteiger partial charge < -0.3 is 4.90 Å². The lowest BCUT2D eigenvalue weighted by Crippen LogP contribution is -2.14. The molecule has 2 aliphatic rings. The maximum Gasteiger partial charge on any atom is 0.0729 e. The summed E-state index contributed by atoms with van der Waals surface area (Å²) in [6.07, 6.45) is 5.98. The van der Waals surface area contributed by atoms with Crippen molar-refractivity contribution >= 4 is 40.3 Å². The van der Waals surface area contributed by atoms with Crippen molar-refractivity contribution < 1.29 is 0 Å². The lowest BCUT2D eigenvalue weighted by molar-refractivity contribution is 0.590. The average Bonchev–Trinajstić information content (AvgIpc) is 3.03. The monoisotopic (exact) mass is 543 g/mol. The molecule has 3 aromatic carbocycles. The maximum atomic E-state index is 6.49. The zero-order valence-electron chi connectivity index (χ0n) is 23.5. The molecule has 2 aliphatic carbocycles. The summed E-state index contributed by atoms with van der Waals surface area (Å²) in [5, 5.41) is 0.680. The number of anilines is 3. The van der Waals surface area contributed by atoms with Gasteiger partial charge in [-0.1, -0.05) is 89.0 Å². The first-order valence-corrected chi connectivity index (χ1v) is 14.6. The largest absolute Gasteiger partial charge is 0.310 e. The first kappa shape index (κ1) is 27.1.